The van der Waals surface area contributed by atoms with Crippen LogP contribution in [-0.2, 0) is 4.79 Å². The summed E-state index contributed by atoms with van der Waals surface area (Å²) in [5, 5.41) is 12.1. The normalized spacial score (nSPS) is 16.2. The van der Waals surface area contributed by atoms with Crippen LogP contribution in [-0.4, -0.2) is 16.8 Å². The van der Waals surface area contributed by atoms with E-state index >= 15 is 0 Å². The van der Waals surface area contributed by atoms with E-state index in [0.29, 0.717) is 27.2 Å². The highest BCUT2D eigenvalue weighted by Gasteiger charge is 2.45. The van der Waals surface area contributed by atoms with E-state index in [1.165, 1.54) is 4.90 Å². The number of rotatable bonds is 4. The molecule has 3 aromatic carbocycles. The minimum Gasteiger partial charge on any atom is -0.503 e. The predicted molar refractivity (Wildman–Crippen MR) is 128 cm³/mol. The Hall–Kier alpha value is -3.83. The van der Waals surface area contributed by atoms with Gasteiger partial charge >= 0.3 is 0 Å². The average molecular weight is 458 g/mol. The van der Waals surface area contributed by atoms with Crippen LogP contribution in [0.25, 0.3) is 11.0 Å². The van der Waals surface area contributed by atoms with Crippen molar-refractivity contribution in [1.29, 1.82) is 0 Å². The molecule has 1 unspecified atom stereocenters. The van der Waals surface area contributed by atoms with Crippen molar-refractivity contribution in [2.75, 3.05) is 4.90 Å². The smallest absolute Gasteiger partial charge is 0.294 e. The third-order valence-electron chi connectivity index (χ3n) is 5.88. The summed E-state index contributed by atoms with van der Waals surface area (Å²) in [5.41, 5.74) is 3.73. The Kier molecular flexibility index (Phi) is 5.06. The van der Waals surface area contributed by atoms with Crippen molar-refractivity contribution in [3.8, 4) is 0 Å². The second-order valence-electron chi connectivity index (χ2n) is 8.16. The Morgan fingerprint density at radius 2 is 1.76 bits per heavy atom. The van der Waals surface area contributed by atoms with E-state index in [1.807, 2.05) is 62.4 Å². The van der Waals surface area contributed by atoms with E-state index in [4.69, 9.17) is 16.0 Å². The van der Waals surface area contributed by atoms with Gasteiger partial charge in [-0.05, 0) is 55.3 Å². The maximum atomic E-state index is 13.6. The first kappa shape index (κ1) is 21.0. The summed E-state index contributed by atoms with van der Waals surface area (Å²) in [4.78, 5) is 28.4. The number of benzene rings is 3. The lowest BCUT2D eigenvalue weighted by Crippen LogP contribution is -2.31. The number of hydrogen-bond acceptors (Lipinski definition) is 4. The van der Waals surface area contributed by atoms with E-state index in [1.54, 1.807) is 24.3 Å². The van der Waals surface area contributed by atoms with Crippen LogP contribution in [0.15, 0.2) is 88.5 Å². The van der Waals surface area contributed by atoms with E-state index in [2.05, 4.69) is 0 Å². The van der Waals surface area contributed by atoms with Crippen molar-refractivity contribution in [1.82, 2.24) is 0 Å². The quantitative estimate of drug-likeness (QED) is 0.356. The SMILES string of the molecule is Cc1ccc(N2C(=O)C(O)=C(C(=O)c3cc4cc(Cl)ccc4o3)C2c2ccccc2)c(C)c1. The van der Waals surface area contributed by atoms with Gasteiger partial charge in [0.1, 0.15) is 5.58 Å². The van der Waals surface area contributed by atoms with Gasteiger partial charge in [-0.3, -0.25) is 14.5 Å². The van der Waals surface area contributed by atoms with Gasteiger partial charge in [0.05, 0.1) is 11.6 Å². The zero-order chi connectivity index (χ0) is 23.3. The highest BCUT2D eigenvalue weighted by Crippen LogP contribution is 2.43. The van der Waals surface area contributed by atoms with Crippen LogP contribution in [0.5, 0.6) is 0 Å². The third kappa shape index (κ3) is 3.51. The molecule has 1 N–H and O–H groups in total. The standard InChI is InChI=1S/C27H20ClNO4/c1-15-8-10-20(16(2)12-15)29-24(17-6-4-3-5-7-17)23(26(31)27(29)32)25(30)22-14-18-13-19(28)9-11-21(18)33-22/h3-14,24,31H,1-2H3. The molecule has 0 radical (unpaired) electrons. The van der Waals surface area contributed by atoms with Crippen LogP contribution in [0.2, 0.25) is 5.02 Å². The van der Waals surface area contributed by atoms with Crippen molar-refractivity contribution < 1.29 is 19.1 Å². The van der Waals surface area contributed by atoms with Gasteiger partial charge in [0, 0.05) is 16.1 Å². The number of carbonyl (C=O) groups is 2. The zero-order valence-electron chi connectivity index (χ0n) is 18.0. The first-order chi connectivity index (χ1) is 15.8. The fourth-order valence-corrected chi connectivity index (χ4v) is 4.55. The molecule has 4 aromatic rings. The number of hydrogen-bond donors (Lipinski definition) is 1. The Morgan fingerprint density at radius 1 is 1.00 bits per heavy atom. The van der Waals surface area contributed by atoms with Crippen LogP contribution in [0.1, 0.15) is 33.3 Å². The molecule has 5 rings (SSSR count). The maximum absolute atomic E-state index is 13.6. The van der Waals surface area contributed by atoms with E-state index in [-0.39, 0.29) is 11.3 Å². The number of anilines is 1. The lowest BCUT2D eigenvalue weighted by Gasteiger charge is -2.28. The summed E-state index contributed by atoms with van der Waals surface area (Å²) >= 11 is 6.07. The minimum atomic E-state index is -0.801. The molecule has 0 bridgehead atoms. The van der Waals surface area contributed by atoms with Gasteiger partial charge in [0.15, 0.2) is 11.5 Å². The van der Waals surface area contributed by atoms with Crippen LogP contribution in [0.4, 0.5) is 5.69 Å². The molecule has 6 heteroatoms. The Morgan fingerprint density at radius 3 is 2.48 bits per heavy atom. The molecule has 0 spiro atoms. The van der Waals surface area contributed by atoms with Gasteiger partial charge in [-0.25, -0.2) is 0 Å². The van der Waals surface area contributed by atoms with Gasteiger partial charge in [0.2, 0.25) is 5.78 Å². The fourth-order valence-electron chi connectivity index (χ4n) is 4.37. The van der Waals surface area contributed by atoms with Crippen molar-refractivity contribution in [3.05, 3.63) is 112 Å². The zero-order valence-corrected chi connectivity index (χ0v) is 18.8. The van der Waals surface area contributed by atoms with Gasteiger partial charge < -0.3 is 9.52 Å². The molecule has 2 heterocycles. The molecule has 164 valence electrons. The minimum absolute atomic E-state index is 0.0173. The number of aliphatic hydroxyl groups is 1. The lowest BCUT2D eigenvalue weighted by atomic mass is 9.94. The largest absolute Gasteiger partial charge is 0.503 e. The molecule has 0 saturated carbocycles. The Labute approximate surface area is 195 Å². The summed E-state index contributed by atoms with van der Waals surface area (Å²) in [6.45, 7) is 3.87. The molecule has 0 saturated heterocycles. The fraction of sp³-hybridized carbons (Fsp3) is 0.111. The number of nitrogens with zero attached hydrogens (tertiary/aromatic N) is 1. The number of halogens is 1. The van der Waals surface area contributed by atoms with Crippen LogP contribution in [0, 0.1) is 13.8 Å². The van der Waals surface area contributed by atoms with Crippen LogP contribution >= 0.6 is 11.6 Å². The first-order valence-electron chi connectivity index (χ1n) is 10.5. The molecule has 1 aromatic heterocycles. The number of aliphatic hydroxyl groups excluding tert-OH is 1. The summed E-state index contributed by atoms with van der Waals surface area (Å²) in [5.74, 6) is -1.72. The monoisotopic (exact) mass is 457 g/mol. The summed E-state index contributed by atoms with van der Waals surface area (Å²) in [6.07, 6.45) is 0. The number of fused-ring (bicyclic) bond motifs is 1. The molecular weight excluding hydrogens is 438 g/mol. The van der Waals surface area contributed by atoms with E-state index in [0.717, 1.165) is 11.1 Å². The Balaban J connectivity index is 1.67. The molecule has 1 aliphatic heterocycles. The van der Waals surface area contributed by atoms with Gasteiger partial charge in [-0.1, -0.05) is 59.6 Å². The summed E-state index contributed by atoms with van der Waals surface area (Å²) < 4.78 is 5.76. The van der Waals surface area contributed by atoms with Crippen LogP contribution < -0.4 is 4.90 Å². The number of Topliss-reactive ketones (excluding diaryl/α,β-unsaturated/α-hetero) is 1. The number of carbonyl (C=O) groups excluding carboxylic acids is 2. The molecule has 5 nitrogen and oxygen atoms in total. The predicted octanol–water partition coefficient (Wildman–Crippen LogP) is 6.49. The second-order valence-corrected chi connectivity index (χ2v) is 8.60. The summed E-state index contributed by atoms with van der Waals surface area (Å²) in [6, 6.07) is 20.7. The number of ketones is 1. The molecule has 33 heavy (non-hydrogen) atoms. The molecule has 1 aliphatic rings. The van der Waals surface area contributed by atoms with E-state index in [9.17, 15) is 14.7 Å². The molecule has 0 aliphatic carbocycles. The van der Waals surface area contributed by atoms with Crippen molar-refractivity contribution in [2.24, 2.45) is 0 Å². The van der Waals surface area contributed by atoms with Crippen molar-refractivity contribution in [2.45, 2.75) is 19.9 Å². The van der Waals surface area contributed by atoms with E-state index < -0.39 is 23.5 Å². The van der Waals surface area contributed by atoms with Crippen molar-refractivity contribution >= 4 is 39.9 Å². The first-order valence-corrected chi connectivity index (χ1v) is 10.9. The highest BCUT2D eigenvalue weighted by atomic mass is 35.5. The van der Waals surface area contributed by atoms with Crippen LogP contribution in [0.3, 0.4) is 0 Å². The second kappa shape index (κ2) is 7.94. The molecule has 1 amide bonds. The molecule has 0 fully saturated rings. The third-order valence-corrected chi connectivity index (χ3v) is 6.12. The van der Waals surface area contributed by atoms with Crippen molar-refractivity contribution in [3.63, 3.8) is 0 Å². The van der Waals surface area contributed by atoms with Gasteiger partial charge in [-0.2, -0.15) is 0 Å². The average Bonchev–Trinajstić information content (AvgIpc) is 3.33. The summed E-state index contributed by atoms with van der Waals surface area (Å²) in [7, 11) is 0. The number of furan rings is 1. The number of amides is 1. The van der Waals surface area contributed by atoms with Gasteiger partial charge in [-0.15, -0.1) is 0 Å². The van der Waals surface area contributed by atoms with Gasteiger partial charge in [0.25, 0.3) is 5.91 Å². The highest BCUT2D eigenvalue weighted by molar-refractivity contribution is 6.31. The topological polar surface area (TPSA) is 70.8 Å². The number of aryl methyl sites for hydroxylation is 2. The molecule has 1 atom stereocenters. The maximum Gasteiger partial charge on any atom is 0.294 e. The Bertz CT molecular complexity index is 1450. The molecular formula is C27H20ClNO4. The lowest BCUT2D eigenvalue weighted by molar-refractivity contribution is -0.117.